The van der Waals surface area contributed by atoms with Gasteiger partial charge in [0, 0.05) is 16.6 Å². The lowest BCUT2D eigenvalue weighted by atomic mass is 9.92. The molecule has 0 bridgehead atoms. The molecule has 0 saturated carbocycles. The van der Waals surface area contributed by atoms with E-state index in [0.29, 0.717) is 0 Å². The molecule has 16 heavy (non-hydrogen) atoms. The molecule has 0 fully saturated rings. The first-order valence-corrected chi connectivity index (χ1v) is 5.69. The monoisotopic (exact) mass is 214 g/mol. The van der Waals surface area contributed by atoms with E-state index in [1.54, 1.807) is 0 Å². The Bertz CT molecular complexity index is 530. The number of nitrogens with one attached hydrogen (secondary N) is 2. The molecule has 0 spiro atoms. The van der Waals surface area contributed by atoms with Gasteiger partial charge in [0.25, 0.3) is 0 Å². The minimum absolute atomic E-state index is 0.161. The average Bonchev–Trinajstić information content (AvgIpc) is 2.69. The van der Waals surface area contributed by atoms with Crippen molar-refractivity contribution in [2.75, 3.05) is 0 Å². The van der Waals surface area contributed by atoms with Crippen LogP contribution in [-0.4, -0.2) is 11.4 Å². The molecule has 0 aliphatic heterocycles. The molecule has 1 aliphatic carbocycles. The van der Waals surface area contributed by atoms with Crippen molar-refractivity contribution in [3.05, 3.63) is 35.5 Å². The van der Waals surface area contributed by atoms with E-state index >= 15 is 0 Å². The van der Waals surface area contributed by atoms with E-state index in [2.05, 4.69) is 28.5 Å². The molecule has 3 heteroatoms. The normalized spacial score (nSPS) is 19.4. The van der Waals surface area contributed by atoms with E-state index in [1.165, 1.54) is 22.2 Å². The summed E-state index contributed by atoms with van der Waals surface area (Å²) in [7, 11) is 0. The zero-order chi connectivity index (χ0) is 11.0. The molecule has 2 aromatic rings. The Morgan fingerprint density at radius 3 is 3.12 bits per heavy atom. The van der Waals surface area contributed by atoms with Gasteiger partial charge in [0.2, 0.25) is 6.41 Å². The summed E-state index contributed by atoms with van der Waals surface area (Å²) in [6.45, 7) is 0. The number of fused-ring (bicyclic) bond motifs is 3. The molecule has 0 saturated heterocycles. The smallest absolute Gasteiger partial charge is 0.207 e. The molecule has 1 aliphatic rings. The lowest BCUT2D eigenvalue weighted by Crippen LogP contribution is -2.23. The zero-order valence-corrected chi connectivity index (χ0v) is 8.99. The number of H-pyrrole nitrogens is 1. The van der Waals surface area contributed by atoms with Gasteiger partial charge >= 0.3 is 0 Å². The summed E-state index contributed by atoms with van der Waals surface area (Å²) in [5.41, 5.74) is 3.74. The lowest BCUT2D eigenvalue weighted by Gasteiger charge is -2.21. The van der Waals surface area contributed by atoms with Crippen molar-refractivity contribution in [1.82, 2.24) is 10.3 Å². The quantitative estimate of drug-likeness (QED) is 0.740. The van der Waals surface area contributed by atoms with Crippen molar-refractivity contribution >= 4 is 17.3 Å². The molecule has 82 valence electrons. The molecule has 1 aromatic heterocycles. The van der Waals surface area contributed by atoms with E-state index in [-0.39, 0.29) is 6.04 Å². The third-order valence-corrected chi connectivity index (χ3v) is 3.38. The number of carbonyl (C=O) groups is 1. The highest BCUT2D eigenvalue weighted by molar-refractivity contribution is 5.85. The van der Waals surface area contributed by atoms with E-state index < -0.39 is 0 Å². The van der Waals surface area contributed by atoms with Crippen molar-refractivity contribution in [2.45, 2.75) is 25.3 Å². The summed E-state index contributed by atoms with van der Waals surface area (Å²) in [5, 5.41) is 4.19. The van der Waals surface area contributed by atoms with E-state index in [4.69, 9.17) is 0 Å². The van der Waals surface area contributed by atoms with Gasteiger partial charge in [-0.05, 0) is 30.9 Å². The first kappa shape index (κ1) is 9.46. The Morgan fingerprint density at radius 1 is 1.38 bits per heavy atom. The van der Waals surface area contributed by atoms with Crippen LogP contribution >= 0.6 is 0 Å². The number of aromatic nitrogens is 1. The molecule has 0 radical (unpaired) electrons. The minimum Gasteiger partial charge on any atom is -0.356 e. The standard InChI is InChI=1S/C13H14N2O/c16-8-14-12-7-3-5-10-9-4-1-2-6-11(9)15-13(10)12/h1-2,4,6,8,12,15H,3,5,7H2,(H,14,16)/t12-/m0/s1. The molecule has 3 nitrogen and oxygen atoms in total. The highest BCUT2D eigenvalue weighted by Gasteiger charge is 2.23. The van der Waals surface area contributed by atoms with Crippen LogP contribution in [0.25, 0.3) is 10.9 Å². The summed E-state index contributed by atoms with van der Waals surface area (Å²) in [6, 6.07) is 8.49. The second-order valence-electron chi connectivity index (χ2n) is 4.29. The Hall–Kier alpha value is -1.77. The number of benzene rings is 1. The maximum atomic E-state index is 10.6. The Balaban J connectivity index is 2.17. The van der Waals surface area contributed by atoms with Gasteiger partial charge in [-0.1, -0.05) is 18.2 Å². The van der Waals surface area contributed by atoms with E-state index in [0.717, 1.165) is 25.7 Å². The van der Waals surface area contributed by atoms with Gasteiger partial charge in [-0.15, -0.1) is 0 Å². The largest absolute Gasteiger partial charge is 0.356 e. The second kappa shape index (κ2) is 3.67. The van der Waals surface area contributed by atoms with Gasteiger partial charge in [0.05, 0.1) is 6.04 Å². The summed E-state index contributed by atoms with van der Waals surface area (Å²) in [6.07, 6.45) is 4.07. The highest BCUT2D eigenvalue weighted by Crippen LogP contribution is 2.34. The molecular formula is C13H14N2O. The molecular weight excluding hydrogens is 200 g/mol. The van der Waals surface area contributed by atoms with Crippen LogP contribution in [0.3, 0.4) is 0 Å². The molecule has 1 heterocycles. The number of aryl methyl sites for hydroxylation is 1. The van der Waals surface area contributed by atoms with Crippen LogP contribution in [0.2, 0.25) is 0 Å². The number of hydrogen-bond donors (Lipinski definition) is 2. The maximum Gasteiger partial charge on any atom is 0.207 e. The summed E-state index contributed by atoms with van der Waals surface area (Å²) in [5.74, 6) is 0. The fourth-order valence-corrected chi connectivity index (χ4v) is 2.66. The van der Waals surface area contributed by atoms with Crippen molar-refractivity contribution < 1.29 is 4.79 Å². The van der Waals surface area contributed by atoms with Crippen LogP contribution in [0.4, 0.5) is 0 Å². The van der Waals surface area contributed by atoms with Crippen molar-refractivity contribution in [3.8, 4) is 0 Å². The van der Waals surface area contributed by atoms with Gasteiger partial charge in [-0.25, -0.2) is 0 Å². The SMILES string of the molecule is O=CN[C@H]1CCCc2c1[nH]c1ccccc21. The summed E-state index contributed by atoms with van der Waals surface area (Å²) >= 11 is 0. The summed E-state index contributed by atoms with van der Waals surface area (Å²) in [4.78, 5) is 14.0. The van der Waals surface area contributed by atoms with Crippen molar-refractivity contribution in [1.29, 1.82) is 0 Å². The van der Waals surface area contributed by atoms with Crippen LogP contribution in [0, 0.1) is 0 Å². The minimum atomic E-state index is 0.161. The average molecular weight is 214 g/mol. The first-order valence-electron chi connectivity index (χ1n) is 5.69. The third-order valence-electron chi connectivity index (χ3n) is 3.38. The van der Waals surface area contributed by atoms with Crippen molar-refractivity contribution in [2.24, 2.45) is 0 Å². The lowest BCUT2D eigenvalue weighted by molar-refractivity contribution is -0.110. The van der Waals surface area contributed by atoms with Gasteiger partial charge in [0.1, 0.15) is 0 Å². The fraction of sp³-hybridized carbons (Fsp3) is 0.308. The first-order chi connectivity index (χ1) is 7.90. The number of hydrogen-bond acceptors (Lipinski definition) is 1. The Kier molecular flexibility index (Phi) is 2.17. The van der Waals surface area contributed by atoms with Crippen LogP contribution in [-0.2, 0) is 11.2 Å². The van der Waals surface area contributed by atoms with E-state index in [1.807, 2.05) is 6.07 Å². The van der Waals surface area contributed by atoms with Crippen LogP contribution in [0.15, 0.2) is 24.3 Å². The number of amides is 1. The number of carbonyl (C=O) groups excluding carboxylic acids is 1. The van der Waals surface area contributed by atoms with Crippen molar-refractivity contribution in [3.63, 3.8) is 0 Å². The highest BCUT2D eigenvalue weighted by atomic mass is 16.1. The number of rotatable bonds is 2. The molecule has 1 atom stereocenters. The number of aromatic amines is 1. The van der Waals surface area contributed by atoms with E-state index in [9.17, 15) is 4.79 Å². The molecule has 3 rings (SSSR count). The topological polar surface area (TPSA) is 44.9 Å². The number of para-hydroxylation sites is 1. The van der Waals surface area contributed by atoms with Gasteiger partial charge in [-0.2, -0.15) is 0 Å². The van der Waals surface area contributed by atoms with Gasteiger partial charge in [0.15, 0.2) is 0 Å². The Labute approximate surface area is 93.9 Å². The summed E-state index contributed by atoms with van der Waals surface area (Å²) < 4.78 is 0. The predicted octanol–water partition coefficient (Wildman–Crippen LogP) is 2.29. The van der Waals surface area contributed by atoms with Gasteiger partial charge < -0.3 is 10.3 Å². The molecule has 0 unspecified atom stereocenters. The predicted molar refractivity (Wildman–Crippen MR) is 63.2 cm³/mol. The second-order valence-corrected chi connectivity index (χ2v) is 4.29. The van der Waals surface area contributed by atoms with Crippen LogP contribution in [0.1, 0.15) is 30.1 Å². The maximum absolute atomic E-state index is 10.6. The van der Waals surface area contributed by atoms with Gasteiger partial charge in [-0.3, -0.25) is 4.79 Å². The van der Waals surface area contributed by atoms with Crippen LogP contribution < -0.4 is 5.32 Å². The molecule has 2 N–H and O–H groups in total. The van der Waals surface area contributed by atoms with Crippen LogP contribution in [0.5, 0.6) is 0 Å². The third kappa shape index (κ3) is 1.32. The molecule has 1 aromatic carbocycles. The Morgan fingerprint density at radius 2 is 2.25 bits per heavy atom. The fourth-order valence-electron chi connectivity index (χ4n) is 2.66. The molecule has 1 amide bonds. The zero-order valence-electron chi connectivity index (χ0n) is 8.99.